The summed E-state index contributed by atoms with van der Waals surface area (Å²) < 4.78 is 19.5. The monoisotopic (exact) mass is 676 g/mol. The van der Waals surface area contributed by atoms with E-state index in [0.717, 1.165) is 16.7 Å². The van der Waals surface area contributed by atoms with Crippen LogP contribution in [0.2, 0.25) is 0 Å². The molecule has 0 unspecified atom stereocenters. The lowest BCUT2D eigenvalue weighted by Crippen LogP contribution is -2.40. The van der Waals surface area contributed by atoms with Crippen molar-refractivity contribution < 1.29 is 28.9 Å². The number of allylic oxidation sites excluding steroid dienone is 1. The third-order valence-corrected chi connectivity index (χ3v) is 8.47. The van der Waals surface area contributed by atoms with E-state index in [1.54, 1.807) is 68.9 Å². The quantitative estimate of drug-likeness (QED) is 0.241. The minimum atomic E-state index is -0.983. The fourth-order valence-corrected chi connectivity index (χ4v) is 6.30. The fraction of sp³-hybridized carbons (Fsp3) is 0.212. The largest absolute Gasteiger partial charge is 0.497 e. The van der Waals surface area contributed by atoms with Crippen LogP contribution in [-0.4, -0.2) is 34.8 Å². The number of thiazole rings is 1. The molecule has 0 saturated carbocycles. The number of carboxylic acid groups (broad SMARTS) is 1. The van der Waals surface area contributed by atoms with E-state index in [-0.39, 0.29) is 23.8 Å². The van der Waals surface area contributed by atoms with E-state index >= 15 is 0 Å². The highest BCUT2D eigenvalue weighted by molar-refractivity contribution is 9.10. The third kappa shape index (κ3) is 6.53. The predicted molar refractivity (Wildman–Crippen MR) is 170 cm³/mol. The van der Waals surface area contributed by atoms with Gasteiger partial charge in [-0.25, -0.2) is 14.6 Å². The Kier molecular flexibility index (Phi) is 9.17. The van der Waals surface area contributed by atoms with Crippen molar-refractivity contribution in [2.75, 3.05) is 7.11 Å². The zero-order valence-corrected chi connectivity index (χ0v) is 26.8. The number of nitrogens with zero attached hydrogens (tertiary/aromatic N) is 2. The summed E-state index contributed by atoms with van der Waals surface area (Å²) in [5.41, 5.74) is 3.04. The molecular weight excluding hydrogens is 648 g/mol. The van der Waals surface area contributed by atoms with Gasteiger partial charge in [0.05, 0.1) is 45.1 Å². The maximum atomic E-state index is 13.9. The number of esters is 1. The van der Waals surface area contributed by atoms with Gasteiger partial charge in [-0.15, -0.1) is 0 Å². The number of aromatic carboxylic acids is 1. The van der Waals surface area contributed by atoms with Crippen molar-refractivity contribution >= 4 is 45.3 Å². The molecule has 0 aliphatic carbocycles. The predicted octanol–water partition coefficient (Wildman–Crippen LogP) is 5.24. The normalized spacial score (nSPS) is 14.7. The average Bonchev–Trinajstić information content (AvgIpc) is 3.29. The number of hydrogen-bond donors (Lipinski definition) is 1. The lowest BCUT2D eigenvalue weighted by Gasteiger charge is -2.25. The summed E-state index contributed by atoms with van der Waals surface area (Å²) in [6.45, 7) is 5.56. The second-order valence-corrected chi connectivity index (χ2v) is 12.2. The number of carboxylic acids is 1. The van der Waals surface area contributed by atoms with Crippen LogP contribution in [0.4, 0.5) is 0 Å². The summed E-state index contributed by atoms with van der Waals surface area (Å²) in [5.74, 6) is -0.256. The molecule has 0 spiro atoms. The van der Waals surface area contributed by atoms with E-state index in [9.17, 15) is 14.4 Å². The fourth-order valence-electron chi connectivity index (χ4n) is 4.74. The molecule has 1 aliphatic rings. The van der Waals surface area contributed by atoms with Gasteiger partial charge in [0, 0.05) is 0 Å². The van der Waals surface area contributed by atoms with Gasteiger partial charge in [0.15, 0.2) is 4.80 Å². The molecule has 0 fully saturated rings. The second kappa shape index (κ2) is 13.0. The summed E-state index contributed by atoms with van der Waals surface area (Å²) >= 11 is 4.80. The molecule has 5 rings (SSSR count). The molecule has 1 aliphatic heterocycles. The Morgan fingerprint density at radius 2 is 1.80 bits per heavy atom. The Bertz CT molecular complexity index is 1940. The first-order valence-electron chi connectivity index (χ1n) is 13.7. The Morgan fingerprint density at radius 3 is 2.41 bits per heavy atom. The number of aromatic nitrogens is 1. The van der Waals surface area contributed by atoms with Crippen LogP contribution in [0.5, 0.6) is 11.5 Å². The van der Waals surface area contributed by atoms with E-state index in [4.69, 9.17) is 19.3 Å². The molecule has 1 N–H and O–H groups in total. The molecule has 1 atom stereocenters. The molecule has 0 saturated heterocycles. The maximum absolute atomic E-state index is 13.9. The van der Waals surface area contributed by atoms with Crippen molar-refractivity contribution in [2.45, 2.75) is 39.5 Å². The van der Waals surface area contributed by atoms with Gasteiger partial charge < -0.3 is 19.3 Å². The number of ether oxygens (including phenoxy) is 3. The molecule has 2 heterocycles. The van der Waals surface area contributed by atoms with Crippen LogP contribution in [0.25, 0.3) is 6.08 Å². The number of hydrogen-bond acceptors (Lipinski definition) is 8. The van der Waals surface area contributed by atoms with Gasteiger partial charge in [-0.3, -0.25) is 9.36 Å². The average molecular weight is 678 g/mol. The Hall–Kier alpha value is -4.48. The van der Waals surface area contributed by atoms with Crippen LogP contribution in [0.1, 0.15) is 53.9 Å². The molecule has 44 heavy (non-hydrogen) atoms. The SMILES string of the molecule is COc1ccc([C@H]2C(C(=O)OC(C)C)=C(C)N=c3s/c(=C/c4ccc(OCc5ccc(C(=O)O)cc5)c(Br)c4)c(=O)n32)cc1. The number of carbonyl (C=O) groups excluding carboxylic acids is 1. The minimum absolute atomic E-state index is 0.210. The first-order chi connectivity index (χ1) is 21.0. The van der Waals surface area contributed by atoms with Gasteiger partial charge in [-0.05, 0) is 95.9 Å². The third-order valence-electron chi connectivity index (χ3n) is 6.86. The lowest BCUT2D eigenvalue weighted by molar-refractivity contribution is -0.143. The maximum Gasteiger partial charge on any atom is 0.338 e. The van der Waals surface area contributed by atoms with E-state index < -0.39 is 18.0 Å². The van der Waals surface area contributed by atoms with Crippen molar-refractivity contribution in [2.24, 2.45) is 4.99 Å². The van der Waals surface area contributed by atoms with Gasteiger partial charge in [-0.1, -0.05) is 41.7 Å². The molecule has 9 nitrogen and oxygen atoms in total. The van der Waals surface area contributed by atoms with Crippen LogP contribution in [0, 0.1) is 0 Å². The van der Waals surface area contributed by atoms with Gasteiger partial charge in [-0.2, -0.15) is 0 Å². The molecule has 11 heteroatoms. The topological polar surface area (TPSA) is 116 Å². The molecule has 226 valence electrons. The molecule has 0 amide bonds. The molecule has 3 aromatic carbocycles. The summed E-state index contributed by atoms with van der Waals surface area (Å²) in [7, 11) is 1.58. The van der Waals surface area contributed by atoms with Crippen molar-refractivity contribution in [3.63, 3.8) is 0 Å². The first kappa shape index (κ1) is 31.0. The van der Waals surface area contributed by atoms with Crippen molar-refractivity contribution in [1.29, 1.82) is 0 Å². The highest BCUT2D eigenvalue weighted by atomic mass is 79.9. The number of carbonyl (C=O) groups is 2. The summed E-state index contributed by atoms with van der Waals surface area (Å²) in [4.78, 5) is 43.4. The molecule has 1 aromatic heterocycles. The summed E-state index contributed by atoms with van der Waals surface area (Å²) in [6, 6.07) is 18.5. The first-order valence-corrected chi connectivity index (χ1v) is 15.3. The number of halogens is 1. The summed E-state index contributed by atoms with van der Waals surface area (Å²) in [5, 5.41) is 9.08. The number of rotatable bonds is 9. The van der Waals surface area contributed by atoms with Gasteiger partial charge in [0.25, 0.3) is 5.56 Å². The van der Waals surface area contributed by atoms with E-state index in [1.165, 1.54) is 23.5 Å². The Labute approximate surface area is 265 Å². The number of methoxy groups -OCH3 is 1. The Morgan fingerprint density at radius 1 is 1.09 bits per heavy atom. The van der Waals surface area contributed by atoms with Crippen molar-refractivity contribution in [3.05, 3.63) is 124 Å². The Balaban J connectivity index is 1.48. The highest BCUT2D eigenvalue weighted by Gasteiger charge is 2.33. The molecular formula is C33H29BrN2O7S. The lowest BCUT2D eigenvalue weighted by atomic mass is 9.96. The highest BCUT2D eigenvalue weighted by Crippen LogP contribution is 2.32. The van der Waals surface area contributed by atoms with Crippen LogP contribution >= 0.6 is 27.3 Å². The second-order valence-electron chi connectivity index (χ2n) is 10.3. The van der Waals surface area contributed by atoms with E-state index in [2.05, 4.69) is 20.9 Å². The smallest absolute Gasteiger partial charge is 0.338 e. The van der Waals surface area contributed by atoms with Crippen LogP contribution in [-0.2, 0) is 16.1 Å². The number of fused-ring (bicyclic) bond motifs is 1. The van der Waals surface area contributed by atoms with Crippen LogP contribution < -0.4 is 24.4 Å². The molecule has 0 bridgehead atoms. The van der Waals surface area contributed by atoms with E-state index in [0.29, 0.717) is 36.6 Å². The van der Waals surface area contributed by atoms with E-state index in [1.807, 2.05) is 24.3 Å². The zero-order valence-electron chi connectivity index (χ0n) is 24.4. The molecule has 4 aromatic rings. The minimum Gasteiger partial charge on any atom is -0.497 e. The van der Waals surface area contributed by atoms with Crippen LogP contribution in [0.3, 0.4) is 0 Å². The number of benzene rings is 3. The molecule has 0 radical (unpaired) electrons. The van der Waals surface area contributed by atoms with Crippen molar-refractivity contribution in [3.8, 4) is 11.5 Å². The van der Waals surface area contributed by atoms with Gasteiger partial charge >= 0.3 is 11.9 Å². The van der Waals surface area contributed by atoms with Gasteiger partial charge in [0.1, 0.15) is 18.1 Å². The standard InChI is InChI=1S/C33H29BrN2O7S/c1-18(2)43-32(40)28-19(3)35-33-36(29(28)22-10-12-24(41-4)13-11-22)30(37)27(44-33)16-21-7-14-26(25(34)15-21)42-17-20-5-8-23(9-6-20)31(38)39/h5-16,18,29H,17H2,1-4H3,(H,38,39)/b27-16+/t29-/m0/s1. The summed E-state index contributed by atoms with van der Waals surface area (Å²) in [6.07, 6.45) is 1.44. The van der Waals surface area contributed by atoms with Crippen LogP contribution in [0.15, 0.2) is 92.3 Å². The van der Waals surface area contributed by atoms with Gasteiger partial charge in [0.2, 0.25) is 0 Å². The van der Waals surface area contributed by atoms with Crippen molar-refractivity contribution in [1.82, 2.24) is 4.57 Å². The zero-order chi connectivity index (χ0) is 31.5.